The zero-order valence-corrected chi connectivity index (χ0v) is 19.4. The Morgan fingerprint density at radius 1 is 1.18 bits per heavy atom. The SMILES string of the molecule is COCOc1cccc(-n2nnc(C(=O)N3CCN(c4ccc([N+](=O)[O-])cc4Cl)CC3)c2C)c1. The van der Waals surface area contributed by atoms with E-state index >= 15 is 0 Å². The molecule has 0 aliphatic carbocycles. The standard InChI is InChI=1S/C22H23ClN6O5/c1-15-21(24-25-28(15)16-4-3-5-18(12-16)34-14-33-2)22(30)27-10-8-26(9-11-27)20-7-6-17(29(31)32)13-19(20)23/h3-7,12-13H,8-11,14H2,1-2H3. The fourth-order valence-electron chi connectivity index (χ4n) is 3.77. The van der Waals surface area contributed by atoms with Crippen molar-refractivity contribution >= 4 is 28.9 Å². The summed E-state index contributed by atoms with van der Waals surface area (Å²) in [5, 5.41) is 19.6. The molecular formula is C22H23ClN6O5. The zero-order valence-electron chi connectivity index (χ0n) is 18.7. The van der Waals surface area contributed by atoms with Gasteiger partial charge in [0.15, 0.2) is 12.5 Å². The van der Waals surface area contributed by atoms with Crippen LogP contribution < -0.4 is 9.64 Å². The van der Waals surface area contributed by atoms with Crippen molar-refractivity contribution in [2.75, 3.05) is 45.0 Å². The van der Waals surface area contributed by atoms with E-state index in [0.29, 0.717) is 48.3 Å². The van der Waals surface area contributed by atoms with Gasteiger partial charge in [-0.3, -0.25) is 14.9 Å². The van der Waals surface area contributed by atoms with E-state index in [1.165, 1.54) is 12.1 Å². The van der Waals surface area contributed by atoms with Crippen molar-refractivity contribution in [2.24, 2.45) is 0 Å². The molecule has 11 nitrogen and oxygen atoms in total. The van der Waals surface area contributed by atoms with Gasteiger partial charge >= 0.3 is 0 Å². The number of halogens is 1. The zero-order chi connectivity index (χ0) is 24.2. The average Bonchev–Trinajstić information content (AvgIpc) is 3.23. The molecule has 0 saturated carbocycles. The van der Waals surface area contributed by atoms with E-state index in [4.69, 9.17) is 21.1 Å². The molecule has 34 heavy (non-hydrogen) atoms. The Balaban J connectivity index is 1.44. The summed E-state index contributed by atoms with van der Waals surface area (Å²) in [7, 11) is 1.55. The van der Waals surface area contributed by atoms with E-state index in [1.54, 1.807) is 41.8 Å². The van der Waals surface area contributed by atoms with E-state index in [0.717, 1.165) is 5.69 Å². The Bertz CT molecular complexity index is 1210. The lowest BCUT2D eigenvalue weighted by molar-refractivity contribution is -0.384. The van der Waals surface area contributed by atoms with Gasteiger partial charge in [0, 0.05) is 51.5 Å². The van der Waals surface area contributed by atoms with Gasteiger partial charge in [0.05, 0.1) is 27.0 Å². The number of aromatic nitrogens is 3. The van der Waals surface area contributed by atoms with Crippen LogP contribution in [0.2, 0.25) is 5.02 Å². The summed E-state index contributed by atoms with van der Waals surface area (Å²) in [6, 6.07) is 11.7. The number of non-ortho nitro benzene ring substituents is 1. The molecule has 2 aromatic carbocycles. The number of benzene rings is 2. The lowest BCUT2D eigenvalue weighted by Gasteiger charge is -2.36. The molecule has 1 fully saturated rings. The quantitative estimate of drug-likeness (QED) is 0.284. The van der Waals surface area contributed by atoms with Crippen LogP contribution in [0.25, 0.3) is 5.69 Å². The molecule has 178 valence electrons. The molecule has 0 spiro atoms. The van der Waals surface area contributed by atoms with E-state index in [-0.39, 0.29) is 24.1 Å². The summed E-state index contributed by atoms with van der Waals surface area (Å²) in [4.78, 5) is 27.3. The highest BCUT2D eigenvalue weighted by Crippen LogP contribution is 2.30. The van der Waals surface area contributed by atoms with Gasteiger partial charge in [0.25, 0.3) is 11.6 Å². The Morgan fingerprint density at radius 3 is 2.62 bits per heavy atom. The highest BCUT2D eigenvalue weighted by Gasteiger charge is 2.27. The Hall–Kier alpha value is -3.70. The Labute approximate surface area is 200 Å². The van der Waals surface area contributed by atoms with Crippen LogP contribution in [0.5, 0.6) is 5.75 Å². The number of hydrogen-bond donors (Lipinski definition) is 0. The summed E-state index contributed by atoms with van der Waals surface area (Å²) in [6.07, 6.45) is 0. The number of carbonyl (C=O) groups is 1. The maximum atomic E-state index is 13.2. The Kier molecular flexibility index (Phi) is 6.94. The molecule has 1 aliphatic rings. The first-order valence-corrected chi connectivity index (χ1v) is 10.9. The largest absolute Gasteiger partial charge is 0.467 e. The lowest BCUT2D eigenvalue weighted by Crippen LogP contribution is -2.49. The van der Waals surface area contributed by atoms with E-state index in [1.807, 2.05) is 17.0 Å². The van der Waals surface area contributed by atoms with Crippen molar-refractivity contribution < 1.29 is 19.2 Å². The fraction of sp³-hybridized carbons (Fsp3) is 0.318. The third kappa shape index (κ3) is 4.80. The molecule has 1 saturated heterocycles. The van der Waals surface area contributed by atoms with Gasteiger partial charge < -0.3 is 19.3 Å². The Morgan fingerprint density at radius 2 is 1.94 bits per heavy atom. The second-order valence-electron chi connectivity index (χ2n) is 7.66. The van der Waals surface area contributed by atoms with Crippen molar-refractivity contribution in [3.8, 4) is 11.4 Å². The van der Waals surface area contributed by atoms with Crippen molar-refractivity contribution in [2.45, 2.75) is 6.92 Å². The first-order chi connectivity index (χ1) is 16.4. The topological polar surface area (TPSA) is 116 Å². The number of rotatable bonds is 7. The number of methoxy groups -OCH3 is 1. The first kappa shape index (κ1) is 23.5. The van der Waals surface area contributed by atoms with Gasteiger partial charge in [0.2, 0.25) is 0 Å². The van der Waals surface area contributed by atoms with Crippen LogP contribution in [0.15, 0.2) is 42.5 Å². The number of carbonyl (C=O) groups excluding carboxylic acids is 1. The second-order valence-corrected chi connectivity index (χ2v) is 8.06. The highest BCUT2D eigenvalue weighted by atomic mass is 35.5. The smallest absolute Gasteiger partial charge is 0.276 e. The van der Waals surface area contributed by atoms with Crippen LogP contribution in [-0.4, -0.2) is 70.8 Å². The van der Waals surface area contributed by atoms with Crippen molar-refractivity contribution in [1.82, 2.24) is 19.9 Å². The number of amides is 1. The van der Waals surface area contributed by atoms with Crippen molar-refractivity contribution in [1.29, 1.82) is 0 Å². The van der Waals surface area contributed by atoms with Crippen LogP contribution in [0.1, 0.15) is 16.2 Å². The molecule has 1 aromatic heterocycles. The molecule has 0 N–H and O–H groups in total. The summed E-state index contributed by atoms with van der Waals surface area (Å²) in [5.41, 5.74) is 2.27. The van der Waals surface area contributed by atoms with Crippen molar-refractivity contribution in [3.05, 3.63) is 69.0 Å². The molecule has 3 aromatic rings. The van der Waals surface area contributed by atoms with E-state index in [2.05, 4.69) is 10.3 Å². The number of hydrogen-bond acceptors (Lipinski definition) is 8. The number of ether oxygens (including phenoxy) is 2. The predicted molar refractivity (Wildman–Crippen MR) is 125 cm³/mol. The maximum absolute atomic E-state index is 13.2. The average molecular weight is 487 g/mol. The van der Waals surface area contributed by atoms with Crippen molar-refractivity contribution in [3.63, 3.8) is 0 Å². The van der Waals surface area contributed by atoms with Gasteiger partial charge in [-0.25, -0.2) is 4.68 Å². The summed E-state index contributed by atoms with van der Waals surface area (Å²) < 4.78 is 12.0. The van der Waals surface area contributed by atoms with Crippen LogP contribution in [-0.2, 0) is 4.74 Å². The third-order valence-electron chi connectivity index (χ3n) is 5.55. The summed E-state index contributed by atoms with van der Waals surface area (Å²) >= 11 is 6.26. The van der Waals surface area contributed by atoms with Crippen LogP contribution in [0, 0.1) is 17.0 Å². The number of nitro benzene ring substituents is 1. The van der Waals surface area contributed by atoms with Gasteiger partial charge in [-0.15, -0.1) is 5.10 Å². The normalized spacial score (nSPS) is 13.7. The summed E-state index contributed by atoms with van der Waals surface area (Å²) in [6.45, 7) is 3.91. The molecule has 0 unspecified atom stereocenters. The molecule has 2 heterocycles. The monoisotopic (exact) mass is 486 g/mol. The maximum Gasteiger partial charge on any atom is 0.276 e. The van der Waals surface area contributed by atoms with Gasteiger partial charge in [-0.1, -0.05) is 22.9 Å². The predicted octanol–water partition coefficient (Wildman–Crippen LogP) is 3.08. The minimum absolute atomic E-state index is 0.0584. The van der Waals surface area contributed by atoms with Gasteiger partial charge in [-0.2, -0.15) is 0 Å². The van der Waals surface area contributed by atoms with Gasteiger partial charge in [0.1, 0.15) is 5.75 Å². The number of anilines is 1. The first-order valence-electron chi connectivity index (χ1n) is 10.5. The van der Waals surface area contributed by atoms with E-state index < -0.39 is 4.92 Å². The molecule has 0 bridgehead atoms. The minimum atomic E-state index is -0.481. The third-order valence-corrected chi connectivity index (χ3v) is 5.86. The molecular weight excluding hydrogens is 464 g/mol. The fourth-order valence-corrected chi connectivity index (χ4v) is 4.06. The molecule has 0 radical (unpaired) electrons. The molecule has 1 aliphatic heterocycles. The molecule has 1 amide bonds. The molecule has 4 rings (SSSR count). The summed E-state index contributed by atoms with van der Waals surface area (Å²) in [5.74, 6) is 0.410. The van der Waals surface area contributed by atoms with Crippen LogP contribution >= 0.6 is 11.6 Å². The van der Waals surface area contributed by atoms with E-state index in [9.17, 15) is 14.9 Å². The minimum Gasteiger partial charge on any atom is -0.467 e. The molecule has 12 heteroatoms. The van der Waals surface area contributed by atoms with Crippen LogP contribution in [0.4, 0.5) is 11.4 Å². The molecule has 0 atom stereocenters. The number of nitrogens with zero attached hydrogens (tertiary/aromatic N) is 6. The lowest BCUT2D eigenvalue weighted by atomic mass is 10.2. The number of nitro groups is 1. The van der Waals surface area contributed by atoms with Crippen LogP contribution in [0.3, 0.4) is 0 Å². The number of piperazine rings is 1. The van der Waals surface area contributed by atoms with Gasteiger partial charge in [-0.05, 0) is 25.1 Å². The second kappa shape index (κ2) is 10.1. The highest BCUT2D eigenvalue weighted by molar-refractivity contribution is 6.33.